The SMILES string of the molecule is COCCOCCCOC(=O)C(N)C(C)O. The van der Waals surface area contributed by atoms with E-state index < -0.39 is 18.1 Å². The minimum absolute atomic E-state index is 0.242. The molecular weight excluding hydrogens is 214 g/mol. The van der Waals surface area contributed by atoms with Crippen molar-refractivity contribution in [3.05, 3.63) is 0 Å². The van der Waals surface area contributed by atoms with E-state index in [9.17, 15) is 4.79 Å². The van der Waals surface area contributed by atoms with Crippen LogP contribution in [0.1, 0.15) is 13.3 Å². The number of aliphatic hydroxyl groups is 1. The van der Waals surface area contributed by atoms with Gasteiger partial charge in [-0.15, -0.1) is 0 Å². The second-order valence-corrected chi connectivity index (χ2v) is 3.39. The quantitative estimate of drug-likeness (QED) is 0.405. The zero-order valence-corrected chi connectivity index (χ0v) is 9.85. The number of ether oxygens (including phenoxy) is 3. The van der Waals surface area contributed by atoms with Gasteiger partial charge in [-0.25, -0.2) is 0 Å². The van der Waals surface area contributed by atoms with Crippen molar-refractivity contribution < 1.29 is 24.1 Å². The van der Waals surface area contributed by atoms with Crippen LogP contribution in [0.4, 0.5) is 0 Å². The van der Waals surface area contributed by atoms with E-state index in [1.54, 1.807) is 7.11 Å². The van der Waals surface area contributed by atoms with Gasteiger partial charge in [-0.05, 0) is 6.92 Å². The van der Waals surface area contributed by atoms with Crippen molar-refractivity contribution >= 4 is 5.97 Å². The summed E-state index contributed by atoms with van der Waals surface area (Å²) in [6.07, 6.45) is -0.299. The van der Waals surface area contributed by atoms with Gasteiger partial charge in [-0.3, -0.25) is 4.79 Å². The molecule has 0 aliphatic rings. The molecule has 2 unspecified atom stereocenters. The Bertz CT molecular complexity index is 186. The van der Waals surface area contributed by atoms with Gasteiger partial charge in [0.1, 0.15) is 6.04 Å². The van der Waals surface area contributed by atoms with Gasteiger partial charge in [0.2, 0.25) is 0 Å². The van der Waals surface area contributed by atoms with Crippen molar-refractivity contribution in [3.63, 3.8) is 0 Å². The minimum Gasteiger partial charge on any atom is -0.464 e. The molecule has 6 nitrogen and oxygen atoms in total. The van der Waals surface area contributed by atoms with Gasteiger partial charge in [0.05, 0.1) is 25.9 Å². The molecule has 0 aliphatic carbocycles. The third kappa shape index (κ3) is 7.58. The normalized spacial score (nSPS) is 14.5. The number of nitrogens with two attached hydrogens (primary N) is 1. The standard InChI is InChI=1S/C10H21NO5/c1-8(12)9(11)10(13)16-5-3-4-15-7-6-14-2/h8-9,12H,3-7,11H2,1-2H3. The summed E-state index contributed by atoms with van der Waals surface area (Å²) in [7, 11) is 1.60. The molecule has 0 aromatic heterocycles. The Morgan fingerprint density at radius 1 is 1.31 bits per heavy atom. The molecule has 0 spiro atoms. The molecule has 0 radical (unpaired) electrons. The van der Waals surface area contributed by atoms with E-state index in [4.69, 9.17) is 25.1 Å². The van der Waals surface area contributed by atoms with Crippen molar-refractivity contribution in [1.29, 1.82) is 0 Å². The molecule has 0 saturated heterocycles. The maximum absolute atomic E-state index is 11.2. The number of hydrogen-bond donors (Lipinski definition) is 2. The zero-order chi connectivity index (χ0) is 12.4. The van der Waals surface area contributed by atoms with Crippen molar-refractivity contribution in [2.45, 2.75) is 25.5 Å². The highest BCUT2D eigenvalue weighted by molar-refractivity contribution is 5.76. The molecule has 0 bridgehead atoms. The van der Waals surface area contributed by atoms with Crippen LogP contribution in [0.5, 0.6) is 0 Å². The van der Waals surface area contributed by atoms with Crippen LogP contribution in [-0.2, 0) is 19.0 Å². The number of hydrogen-bond acceptors (Lipinski definition) is 6. The first-order valence-corrected chi connectivity index (χ1v) is 5.26. The maximum Gasteiger partial charge on any atom is 0.325 e. The minimum atomic E-state index is -0.977. The Labute approximate surface area is 95.7 Å². The van der Waals surface area contributed by atoms with E-state index in [0.29, 0.717) is 26.2 Å². The highest BCUT2D eigenvalue weighted by Crippen LogP contribution is 1.94. The molecule has 3 N–H and O–H groups in total. The lowest BCUT2D eigenvalue weighted by Crippen LogP contribution is -2.41. The molecule has 0 aromatic rings. The van der Waals surface area contributed by atoms with Crippen LogP contribution in [0.2, 0.25) is 0 Å². The molecule has 0 saturated carbocycles. The van der Waals surface area contributed by atoms with Crippen molar-refractivity contribution in [3.8, 4) is 0 Å². The van der Waals surface area contributed by atoms with E-state index in [1.807, 2.05) is 0 Å². The fourth-order valence-electron chi connectivity index (χ4n) is 0.871. The Balaban J connectivity index is 3.34. The fraction of sp³-hybridized carbons (Fsp3) is 0.900. The van der Waals surface area contributed by atoms with Gasteiger partial charge in [-0.2, -0.15) is 0 Å². The van der Waals surface area contributed by atoms with E-state index >= 15 is 0 Å². The van der Waals surface area contributed by atoms with Crippen molar-refractivity contribution in [2.75, 3.05) is 33.5 Å². The van der Waals surface area contributed by atoms with E-state index in [2.05, 4.69) is 0 Å². The monoisotopic (exact) mass is 235 g/mol. The van der Waals surface area contributed by atoms with Crippen molar-refractivity contribution in [2.24, 2.45) is 5.73 Å². The molecule has 6 heteroatoms. The lowest BCUT2D eigenvalue weighted by atomic mass is 10.2. The molecular formula is C10H21NO5. The van der Waals surface area contributed by atoms with Gasteiger partial charge in [0.15, 0.2) is 0 Å². The van der Waals surface area contributed by atoms with E-state index in [0.717, 1.165) is 0 Å². The third-order valence-corrected chi connectivity index (χ3v) is 1.90. The second-order valence-electron chi connectivity index (χ2n) is 3.39. The van der Waals surface area contributed by atoms with Crippen molar-refractivity contribution in [1.82, 2.24) is 0 Å². The topological polar surface area (TPSA) is 91.0 Å². The largest absolute Gasteiger partial charge is 0.464 e. The van der Waals surface area contributed by atoms with Crippen LogP contribution in [0, 0.1) is 0 Å². The summed E-state index contributed by atoms with van der Waals surface area (Å²) in [6, 6.07) is -0.977. The average Bonchev–Trinajstić information content (AvgIpc) is 2.26. The number of methoxy groups -OCH3 is 1. The zero-order valence-electron chi connectivity index (χ0n) is 9.85. The first-order chi connectivity index (χ1) is 7.59. The first-order valence-electron chi connectivity index (χ1n) is 5.26. The Morgan fingerprint density at radius 2 is 2.00 bits per heavy atom. The van der Waals surface area contributed by atoms with Gasteiger partial charge < -0.3 is 25.1 Å². The Kier molecular flexibility index (Phi) is 9.12. The number of esters is 1. The fourth-order valence-corrected chi connectivity index (χ4v) is 0.871. The second kappa shape index (κ2) is 9.53. The lowest BCUT2D eigenvalue weighted by molar-refractivity contribution is -0.148. The molecule has 0 fully saturated rings. The smallest absolute Gasteiger partial charge is 0.325 e. The van der Waals surface area contributed by atoms with Gasteiger partial charge in [0.25, 0.3) is 0 Å². The van der Waals surface area contributed by atoms with Crippen LogP contribution in [0.15, 0.2) is 0 Å². The van der Waals surface area contributed by atoms with Crippen LogP contribution in [0.3, 0.4) is 0 Å². The summed E-state index contributed by atoms with van der Waals surface area (Å²) < 4.78 is 14.8. The van der Waals surface area contributed by atoms with Gasteiger partial charge >= 0.3 is 5.97 Å². The predicted molar refractivity (Wildman–Crippen MR) is 57.9 cm³/mol. The van der Waals surface area contributed by atoms with Crippen LogP contribution < -0.4 is 5.73 Å². The number of carbonyl (C=O) groups is 1. The summed E-state index contributed by atoms with van der Waals surface area (Å²) in [4.78, 5) is 11.2. The summed E-state index contributed by atoms with van der Waals surface area (Å²) in [5, 5.41) is 9.03. The molecule has 2 atom stereocenters. The van der Waals surface area contributed by atoms with Crippen LogP contribution in [0.25, 0.3) is 0 Å². The molecule has 0 aliphatic heterocycles. The molecule has 0 heterocycles. The van der Waals surface area contributed by atoms with Crippen LogP contribution in [-0.4, -0.2) is 56.8 Å². The highest BCUT2D eigenvalue weighted by atomic mass is 16.5. The number of carbonyl (C=O) groups excluding carboxylic acids is 1. The lowest BCUT2D eigenvalue weighted by Gasteiger charge is -2.13. The van der Waals surface area contributed by atoms with Gasteiger partial charge in [-0.1, -0.05) is 0 Å². The third-order valence-electron chi connectivity index (χ3n) is 1.90. The Morgan fingerprint density at radius 3 is 2.56 bits per heavy atom. The summed E-state index contributed by atoms with van der Waals surface area (Å²) in [6.45, 7) is 3.26. The molecule has 16 heavy (non-hydrogen) atoms. The predicted octanol–water partition coefficient (Wildman–Crippen LogP) is -0.709. The molecule has 0 amide bonds. The number of aliphatic hydroxyl groups excluding tert-OH is 1. The molecule has 0 rings (SSSR count). The van der Waals surface area contributed by atoms with E-state index in [1.165, 1.54) is 6.92 Å². The number of rotatable bonds is 9. The summed E-state index contributed by atoms with van der Waals surface area (Å²) in [5.41, 5.74) is 5.37. The summed E-state index contributed by atoms with van der Waals surface area (Å²) >= 11 is 0. The van der Waals surface area contributed by atoms with Gasteiger partial charge in [0, 0.05) is 20.1 Å². The highest BCUT2D eigenvalue weighted by Gasteiger charge is 2.19. The first kappa shape index (κ1) is 15.3. The average molecular weight is 235 g/mol. The molecule has 96 valence electrons. The van der Waals surface area contributed by atoms with E-state index in [-0.39, 0.29) is 6.61 Å². The molecule has 0 aromatic carbocycles. The maximum atomic E-state index is 11.2. The summed E-state index contributed by atoms with van der Waals surface area (Å²) in [5.74, 6) is -0.591. The van der Waals surface area contributed by atoms with Crippen LogP contribution >= 0.6 is 0 Å². The Hall–Kier alpha value is -0.690.